The summed E-state index contributed by atoms with van der Waals surface area (Å²) in [4.78, 5) is 14.5. The van der Waals surface area contributed by atoms with E-state index in [1.807, 2.05) is 0 Å². The Morgan fingerprint density at radius 3 is 2.42 bits per heavy atom. The molecule has 1 heterocycles. The highest BCUT2D eigenvalue weighted by molar-refractivity contribution is 5.27. The molecule has 24 heavy (non-hydrogen) atoms. The largest absolute Gasteiger partial charge is 0.491 e. The second-order valence-electron chi connectivity index (χ2n) is 4.93. The maximum absolute atomic E-state index is 12.0. The summed E-state index contributed by atoms with van der Waals surface area (Å²) in [6, 6.07) is 7.50. The van der Waals surface area contributed by atoms with E-state index in [1.165, 1.54) is 31.5 Å². The van der Waals surface area contributed by atoms with Gasteiger partial charge in [-0.15, -0.1) is 0 Å². The molecule has 1 N–H and O–H groups in total. The topological polar surface area (TPSA) is 60.6 Å². The fourth-order valence-corrected chi connectivity index (χ4v) is 1.87. The Bertz CT molecular complexity index is 710. The van der Waals surface area contributed by atoms with Crippen LogP contribution in [0.3, 0.4) is 0 Å². The first-order valence-corrected chi connectivity index (χ1v) is 6.99. The highest BCUT2D eigenvalue weighted by Gasteiger charge is 2.28. The maximum Gasteiger partial charge on any atom is 0.422 e. The molecule has 2 rings (SSSR count). The zero-order valence-corrected chi connectivity index (χ0v) is 12.9. The fraction of sp³-hybridized carbons (Fsp3) is 0.312. The predicted molar refractivity (Wildman–Crippen MR) is 80.1 cm³/mol. The van der Waals surface area contributed by atoms with E-state index in [0.29, 0.717) is 5.69 Å². The van der Waals surface area contributed by atoms with Gasteiger partial charge in [-0.1, -0.05) is 12.1 Å². The van der Waals surface area contributed by atoms with Gasteiger partial charge in [0.1, 0.15) is 5.75 Å². The number of hydrogen-bond acceptors (Lipinski definition) is 4. The zero-order chi connectivity index (χ0) is 17.6. The van der Waals surface area contributed by atoms with Crippen LogP contribution in [-0.2, 0) is 18.0 Å². The Labute approximate surface area is 136 Å². The minimum absolute atomic E-state index is 0.135. The average molecular weight is 343 g/mol. The summed E-state index contributed by atoms with van der Waals surface area (Å²) in [6.45, 7) is -0.896. The van der Waals surface area contributed by atoms with Crippen molar-refractivity contribution in [2.45, 2.75) is 19.4 Å². The lowest BCUT2D eigenvalue weighted by Crippen LogP contribution is -2.19. The van der Waals surface area contributed by atoms with Gasteiger partial charge in [-0.05, 0) is 17.7 Å². The van der Waals surface area contributed by atoms with Crippen LogP contribution in [0, 0.1) is 0 Å². The summed E-state index contributed by atoms with van der Waals surface area (Å²) in [5.41, 5.74) is 1.11. The molecular weight excluding hydrogens is 327 g/mol. The molecule has 0 aliphatic heterocycles. The second kappa shape index (κ2) is 7.87. The Balaban J connectivity index is 1.82. The van der Waals surface area contributed by atoms with E-state index < -0.39 is 12.8 Å². The molecule has 0 atom stereocenters. The Kier molecular flexibility index (Phi) is 5.86. The molecule has 5 nitrogen and oxygen atoms in total. The molecule has 0 saturated carbocycles. The number of alkyl halides is 3. The highest BCUT2D eigenvalue weighted by atomic mass is 19.4. The van der Waals surface area contributed by atoms with Crippen molar-refractivity contribution >= 4 is 0 Å². The molecule has 0 unspecified atom stereocenters. The van der Waals surface area contributed by atoms with E-state index >= 15 is 0 Å². The Hall–Kier alpha value is -2.48. The lowest BCUT2D eigenvalue weighted by molar-refractivity contribution is -0.153. The van der Waals surface area contributed by atoms with Crippen molar-refractivity contribution in [2.24, 2.45) is 0 Å². The lowest BCUT2D eigenvalue weighted by atomic mass is 10.2. The quantitative estimate of drug-likeness (QED) is 0.839. The third-order valence-electron chi connectivity index (χ3n) is 3.01. The molecular formula is C16H16F3NO4. The monoisotopic (exact) mass is 343 g/mol. The molecule has 1 aromatic carbocycles. The molecule has 0 aliphatic carbocycles. The summed E-state index contributed by atoms with van der Waals surface area (Å²) in [5, 5.41) is 0. The number of ether oxygens (including phenoxy) is 3. The number of nitrogens with one attached hydrogen (secondary N) is 1. The molecule has 2 aromatic rings. The van der Waals surface area contributed by atoms with Crippen molar-refractivity contribution < 1.29 is 27.4 Å². The number of pyridine rings is 1. The van der Waals surface area contributed by atoms with Gasteiger partial charge >= 0.3 is 6.18 Å². The van der Waals surface area contributed by atoms with Gasteiger partial charge in [0.2, 0.25) is 5.43 Å². The molecule has 0 spiro atoms. The van der Waals surface area contributed by atoms with E-state index in [-0.39, 0.29) is 30.1 Å². The van der Waals surface area contributed by atoms with Crippen molar-refractivity contribution in [1.82, 2.24) is 4.98 Å². The molecule has 0 saturated heterocycles. The van der Waals surface area contributed by atoms with Crippen molar-refractivity contribution in [2.75, 3.05) is 13.7 Å². The molecule has 0 fully saturated rings. The van der Waals surface area contributed by atoms with Gasteiger partial charge in [-0.2, -0.15) is 13.2 Å². The molecule has 0 bridgehead atoms. The fourth-order valence-electron chi connectivity index (χ4n) is 1.87. The first-order valence-electron chi connectivity index (χ1n) is 6.99. The van der Waals surface area contributed by atoms with Crippen LogP contribution in [0.1, 0.15) is 11.3 Å². The van der Waals surface area contributed by atoms with Gasteiger partial charge in [0.05, 0.1) is 20.3 Å². The van der Waals surface area contributed by atoms with E-state index in [4.69, 9.17) is 9.47 Å². The number of halogens is 3. The lowest BCUT2D eigenvalue weighted by Gasteiger charge is -2.10. The number of aromatic nitrogens is 1. The van der Waals surface area contributed by atoms with Gasteiger partial charge < -0.3 is 19.2 Å². The van der Waals surface area contributed by atoms with Crippen LogP contribution in [0.25, 0.3) is 0 Å². The van der Waals surface area contributed by atoms with Crippen LogP contribution in [0.4, 0.5) is 13.2 Å². The van der Waals surface area contributed by atoms with Gasteiger partial charge in [0, 0.05) is 18.0 Å². The number of methoxy groups -OCH3 is 1. The predicted octanol–water partition coefficient (Wildman–Crippen LogP) is 3.04. The third-order valence-corrected chi connectivity index (χ3v) is 3.01. The van der Waals surface area contributed by atoms with Crippen molar-refractivity contribution in [1.29, 1.82) is 0 Å². The number of aromatic amines is 1. The van der Waals surface area contributed by atoms with E-state index in [1.54, 1.807) is 12.1 Å². The van der Waals surface area contributed by atoms with Crippen molar-refractivity contribution in [3.8, 4) is 11.5 Å². The third kappa shape index (κ3) is 5.62. The van der Waals surface area contributed by atoms with Crippen molar-refractivity contribution in [3.05, 3.63) is 58.0 Å². The van der Waals surface area contributed by atoms with Crippen LogP contribution in [-0.4, -0.2) is 24.9 Å². The van der Waals surface area contributed by atoms with Gasteiger partial charge in [-0.25, -0.2) is 0 Å². The molecule has 0 amide bonds. The van der Waals surface area contributed by atoms with Crippen LogP contribution in [0.2, 0.25) is 0 Å². The average Bonchev–Trinajstić information content (AvgIpc) is 2.53. The first-order chi connectivity index (χ1) is 11.4. The standard InChI is InChI=1S/C16H16F3NO4/c1-22-15-7-20-12(6-14(15)21)9-23-8-11-2-4-13(5-3-11)24-10-16(17,18)19/h2-7H,8-10H2,1H3,(H,20,21). The highest BCUT2D eigenvalue weighted by Crippen LogP contribution is 2.19. The van der Waals surface area contributed by atoms with E-state index in [9.17, 15) is 18.0 Å². The SMILES string of the molecule is COc1c[nH]c(COCc2ccc(OCC(F)(F)F)cc2)cc1=O. The zero-order valence-electron chi connectivity index (χ0n) is 12.9. The number of benzene rings is 1. The minimum atomic E-state index is -4.36. The van der Waals surface area contributed by atoms with Crippen LogP contribution < -0.4 is 14.9 Å². The first kappa shape index (κ1) is 17.9. The summed E-state index contributed by atoms with van der Waals surface area (Å²) in [7, 11) is 1.41. The maximum atomic E-state index is 12.0. The number of rotatable bonds is 7. The van der Waals surface area contributed by atoms with E-state index in [0.717, 1.165) is 5.56 Å². The Morgan fingerprint density at radius 1 is 1.12 bits per heavy atom. The summed E-state index contributed by atoms with van der Waals surface area (Å²) < 4.78 is 51.1. The molecule has 0 aliphatic rings. The molecule has 1 aromatic heterocycles. The van der Waals surface area contributed by atoms with Crippen LogP contribution in [0.5, 0.6) is 11.5 Å². The van der Waals surface area contributed by atoms with Gasteiger partial charge in [0.15, 0.2) is 12.4 Å². The summed E-state index contributed by atoms with van der Waals surface area (Å²) >= 11 is 0. The molecule has 8 heteroatoms. The smallest absolute Gasteiger partial charge is 0.422 e. The molecule has 130 valence electrons. The minimum Gasteiger partial charge on any atom is -0.491 e. The summed E-state index contributed by atoms with van der Waals surface area (Å²) in [6.07, 6.45) is -2.91. The number of H-pyrrole nitrogens is 1. The molecule has 0 radical (unpaired) electrons. The van der Waals surface area contributed by atoms with Gasteiger partial charge in [0.25, 0.3) is 0 Å². The van der Waals surface area contributed by atoms with E-state index in [2.05, 4.69) is 9.72 Å². The van der Waals surface area contributed by atoms with Gasteiger partial charge in [-0.3, -0.25) is 4.79 Å². The summed E-state index contributed by atoms with van der Waals surface area (Å²) in [5.74, 6) is 0.351. The van der Waals surface area contributed by atoms with Crippen molar-refractivity contribution in [3.63, 3.8) is 0 Å². The number of hydrogen-bond donors (Lipinski definition) is 1. The second-order valence-corrected chi connectivity index (χ2v) is 4.93. The van der Waals surface area contributed by atoms with Crippen LogP contribution >= 0.6 is 0 Å². The van der Waals surface area contributed by atoms with Crippen LogP contribution in [0.15, 0.2) is 41.3 Å². The normalized spacial score (nSPS) is 11.3. The Morgan fingerprint density at radius 2 is 1.83 bits per heavy atom.